The van der Waals surface area contributed by atoms with Crippen molar-refractivity contribution < 1.29 is 14.3 Å². The van der Waals surface area contributed by atoms with E-state index in [1.54, 1.807) is 18.2 Å². The predicted molar refractivity (Wildman–Crippen MR) is 121 cm³/mol. The fourth-order valence-corrected chi connectivity index (χ4v) is 4.18. The lowest BCUT2D eigenvalue weighted by atomic mass is 10.1. The van der Waals surface area contributed by atoms with Crippen LogP contribution in [0, 0.1) is 13.8 Å². The fraction of sp³-hybridized carbons (Fsp3) is 0.240. The van der Waals surface area contributed by atoms with Gasteiger partial charge in [-0.2, -0.15) is 0 Å². The quantitative estimate of drug-likeness (QED) is 0.454. The molecule has 0 N–H and O–H groups in total. The third-order valence-electron chi connectivity index (χ3n) is 5.87. The summed E-state index contributed by atoms with van der Waals surface area (Å²) in [6, 6.07) is 16.6. The van der Waals surface area contributed by atoms with Crippen LogP contribution >= 0.6 is 0 Å². The SMILES string of the molecule is Cc1cc(C(=O)Cn2cnc3ccccc3c2=O)c(C)n1C[C@H]1COc2ccccc2O1. The molecule has 0 radical (unpaired) electrons. The first-order valence-electron chi connectivity index (χ1n) is 10.5. The van der Waals surface area contributed by atoms with Crippen molar-refractivity contribution >= 4 is 16.7 Å². The van der Waals surface area contributed by atoms with E-state index in [0.29, 0.717) is 29.6 Å². The van der Waals surface area contributed by atoms with Gasteiger partial charge in [-0.15, -0.1) is 0 Å². The number of fused-ring (bicyclic) bond motifs is 2. The molecule has 0 fully saturated rings. The van der Waals surface area contributed by atoms with Crippen molar-refractivity contribution in [1.82, 2.24) is 14.1 Å². The largest absolute Gasteiger partial charge is 0.486 e. The molecule has 3 heterocycles. The van der Waals surface area contributed by atoms with Gasteiger partial charge in [0.2, 0.25) is 0 Å². The number of aryl methyl sites for hydroxylation is 1. The highest BCUT2D eigenvalue weighted by atomic mass is 16.6. The zero-order valence-corrected chi connectivity index (χ0v) is 17.9. The molecule has 1 aliphatic heterocycles. The van der Waals surface area contributed by atoms with Gasteiger partial charge in [-0.25, -0.2) is 4.98 Å². The molecule has 2 aromatic carbocycles. The minimum Gasteiger partial charge on any atom is -0.486 e. The van der Waals surface area contributed by atoms with Gasteiger partial charge in [0.05, 0.1) is 30.3 Å². The van der Waals surface area contributed by atoms with Crippen LogP contribution in [-0.2, 0) is 13.1 Å². The van der Waals surface area contributed by atoms with Crippen LogP contribution in [-0.4, -0.2) is 32.6 Å². The molecule has 0 aliphatic carbocycles. The minimum atomic E-state index is -0.218. The smallest absolute Gasteiger partial charge is 0.261 e. The van der Waals surface area contributed by atoms with Gasteiger partial charge in [-0.3, -0.25) is 14.2 Å². The molecule has 32 heavy (non-hydrogen) atoms. The summed E-state index contributed by atoms with van der Waals surface area (Å²) in [5.74, 6) is 1.34. The van der Waals surface area contributed by atoms with Crippen LogP contribution in [0.1, 0.15) is 21.7 Å². The van der Waals surface area contributed by atoms with Crippen LogP contribution in [0.3, 0.4) is 0 Å². The Morgan fingerprint density at radius 3 is 2.69 bits per heavy atom. The Morgan fingerprint density at radius 1 is 1.09 bits per heavy atom. The Kier molecular flexibility index (Phi) is 5.01. The van der Waals surface area contributed by atoms with Crippen molar-refractivity contribution in [3.05, 3.63) is 88.2 Å². The summed E-state index contributed by atoms with van der Waals surface area (Å²) in [6.45, 7) is 4.83. The highest BCUT2D eigenvalue weighted by Gasteiger charge is 2.24. The average molecular weight is 429 g/mol. The zero-order valence-electron chi connectivity index (χ0n) is 17.9. The number of carbonyl (C=O) groups excluding carboxylic acids is 1. The normalized spacial score (nSPS) is 15.1. The van der Waals surface area contributed by atoms with Crippen molar-refractivity contribution in [3.8, 4) is 11.5 Å². The number of para-hydroxylation sites is 3. The molecule has 162 valence electrons. The molecule has 0 amide bonds. The van der Waals surface area contributed by atoms with E-state index in [1.165, 1.54) is 10.9 Å². The number of hydrogen-bond acceptors (Lipinski definition) is 5. The number of ketones is 1. The molecule has 2 aromatic heterocycles. The Balaban J connectivity index is 1.37. The first-order valence-corrected chi connectivity index (χ1v) is 10.5. The van der Waals surface area contributed by atoms with E-state index in [9.17, 15) is 9.59 Å². The van der Waals surface area contributed by atoms with Crippen molar-refractivity contribution in [1.29, 1.82) is 0 Å². The lowest BCUT2D eigenvalue weighted by Crippen LogP contribution is -2.33. The number of benzene rings is 2. The molecule has 1 atom stereocenters. The highest BCUT2D eigenvalue weighted by Crippen LogP contribution is 2.31. The van der Waals surface area contributed by atoms with Crippen molar-refractivity contribution in [2.45, 2.75) is 33.0 Å². The zero-order chi connectivity index (χ0) is 22.2. The summed E-state index contributed by atoms with van der Waals surface area (Å²) in [5, 5.41) is 0.503. The standard InChI is InChI=1S/C25H23N3O4/c1-16-11-20(22(29)13-27-15-26-21-8-4-3-7-19(21)25(27)30)17(2)28(16)12-18-14-31-23-9-5-6-10-24(23)32-18/h3-11,15,18H,12-14H2,1-2H3/t18-/m0/s1. The average Bonchev–Trinajstić information content (AvgIpc) is 3.09. The Hall–Kier alpha value is -3.87. The van der Waals surface area contributed by atoms with Crippen molar-refractivity contribution in [2.75, 3.05) is 6.61 Å². The summed E-state index contributed by atoms with van der Waals surface area (Å²) >= 11 is 0. The molecular weight excluding hydrogens is 406 g/mol. The van der Waals surface area contributed by atoms with Gasteiger partial charge in [0, 0.05) is 17.0 Å². The van der Waals surface area contributed by atoms with Crippen molar-refractivity contribution in [2.24, 2.45) is 0 Å². The Bertz CT molecular complexity index is 1390. The van der Waals surface area contributed by atoms with Gasteiger partial charge in [-0.05, 0) is 44.2 Å². The van der Waals surface area contributed by atoms with Crippen LogP contribution in [0.25, 0.3) is 10.9 Å². The number of nitrogens with zero attached hydrogens (tertiary/aromatic N) is 3. The van der Waals surface area contributed by atoms with Gasteiger partial charge < -0.3 is 14.0 Å². The second-order valence-electron chi connectivity index (χ2n) is 8.01. The molecule has 0 saturated carbocycles. The molecule has 0 saturated heterocycles. The molecule has 5 rings (SSSR count). The van der Waals surface area contributed by atoms with E-state index in [1.807, 2.05) is 50.2 Å². The van der Waals surface area contributed by atoms with Crippen LogP contribution in [0.2, 0.25) is 0 Å². The molecule has 7 heteroatoms. The molecule has 4 aromatic rings. The van der Waals surface area contributed by atoms with Gasteiger partial charge in [0.1, 0.15) is 6.61 Å². The molecule has 1 aliphatic rings. The minimum absolute atomic E-state index is 0.0582. The second-order valence-corrected chi connectivity index (χ2v) is 8.01. The summed E-state index contributed by atoms with van der Waals surface area (Å²) in [6.07, 6.45) is 1.27. The molecule has 0 unspecified atom stereocenters. The number of aromatic nitrogens is 3. The van der Waals surface area contributed by atoms with Crippen LogP contribution in [0.15, 0.2) is 65.7 Å². The van der Waals surface area contributed by atoms with Crippen molar-refractivity contribution in [3.63, 3.8) is 0 Å². The van der Waals surface area contributed by atoms with Crippen LogP contribution in [0.4, 0.5) is 0 Å². The topological polar surface area (TPSA) is 75.4 Å². The number of Topliss-reactive ketones (excluding diaryl/α,β-unsaturated/α-hetero) is 1. The maximum atomic E-state index is 13.1. The Labute approximate surface area is 184 Å². The fourth-order valence-electron chi connectivity index (χ4n) is 4.18. The summed E-state index contributed by atoms with van der Waals surface area (Å²) in [4.78, 5) is 30.1. The van der Waals surface area contributed by atoms with E-state index >= 15 is 0 Å². The molecular formula is C25H23N3O4. The number of ether oxygens (including phenoxy) is 2. The van der Waals surface area contributed by atoms with E-state index < -0.39 is 0 Å². The van der Waals surface area contributed by atoms with Gasteiger partial charge >= 0.3 is 0 Å². The summed E-state index contributed by atoms with van der Waals surface area (Å²) < 4.78 is 15.3. The Morgan fingerprint density at radius 2 is 1.84 bits per heavy atom. The van der Waals surface area contributed by atoms with E-state index in [2.05, 4.69) is 9.55 Å². The third-order valence-corrected chi connectivity index (χ3v) is 5.87. The lowest BCUT2D eigenvalue weighted by Gasteiger charge is -2.27. The maximum absolute atomic E-state index is 13.1. The summed E-state index contributed by atoms with van der Waals surface area (Å²) in [7, 11) is 0. The monoisotopic (exact) mass is 429 g/mol. The lowest BCUT2D eigenvalue weighted by molar-refractivity contribution is 0.0777. The van der Waals surface area contributed by atoms with Crippen LogP contribution < -0.4 is 15.0 Å². The number of hydrogen-bond donors (Lipinski definition) is 0. The first-order chi connectivity index (χ1) is 15.5. The molecule has 0 spiro atoms. The first kappa shape index (κ1) is 20.1. The third kappa shape index (κ3) is 3.56. The van der Waals surface area contributed by atoms with Gasteiger partial charge in [0.15, 0.2) is 23.4 Å². The predicted octanol–water partition coefficient (Wildman–Crippen LogP) is 3.54. The van der Waals surface area contributed by atoms with Gasteiger partial charge in [0.25, 0.3) is 5.56 Å². The summed E-state index contributed by atoms with van der Waals surface area (Å²) in [5.41, 5.74) is 2.80. The molecule has 7 nitrogen and oxygen atoms in total. The molecule has 0 bridgehead atoms. The maximum Gasteiger partial charge on any atom is 0.261 e. The van der Waals surface area contributed by atoms with Gasteiger partial charge in [-0.1, -0.05) is 24.3 Å². The van der Waals surface area contributed by atoms with E-state index in [4.69, 9.17) is 9.47 Å². The number of carbonyl (C=O) groups is 1. The highest BCUT2D eigenvalue weighted by molar-refractivity contribution is 5.97. The second kappa shape index (κ2) is 8.00. The van der Waals surface area contributed by atoms with E-state index in [-0.39, 0.29) is 24.0 Å². The van der Waals surface area contributed by atoms with E-state index in [0.717, 1.165) is 22.9 Å². The number of rotatable bonds is 5. The van der Waals surface area contributed by atoms with Crippen LogP contribution in [0.5, 0.6) is 11.5 Å².